The summed E-state index contributed by atoms with van der Waals surface area (Å²) < 4.78 is 10.7. The lowest BCUT2D eigenvalue weighted by Gasteiger charge is -2.16. The SMILES string of the molecule is COCCCN(C)CC(=O)NCc1cccc(OC(C)C)c1. The molecule has 1 aromatic carbocycles. The number of methoxy groups -OCH3 is 1. The summed E-state index contributed by atoms with van der Waals surface area (Å²) >= 11 is 0. The lowest BCUT2D eigenvalue weighted by Crippen LogP contribution is -2.35. The molecule has 0 saturated carbocycles. The molecule has 0 aliphatic rings. The third kappa shape index (κ3) is 8.00. The second kappa shape index (κ2) is 10.2. The molecule has 0 aliphatic carbocycles. The van der Waals surface area contributed by atoms with E-state index in [-0.39, 0.29) is 12.0 Å². The van der Waals surface area contributed by atoms with Crippen molar-refractivity contribution in [1.82, 2.24) is 10.2 Å². The van der Waals surface area contributed by atoms with Crippen molar-refractivity contribution in [3.8, 4) is 5.75 Å². The Hall–Kier alpha value is -1.59. The molecule has 0 aromatic heterocycles. The quantitative estimate of drug-likeness (QED) is 0.672. The zero-order valence-corrected chi connectivity index (χ0v) is 14.1. The summed E-state index contributed by atoms with van der Waals surface area (Å²) in [5, 5.41) is 2.93. The van der Waals surface area contributed by atoms with E-state index in [0.29, 0.717) is 19.7 Å². The molecular weight excluding hydrogens is 280 g/mol. The fourth-order valence-electron chi connectivity index (χ4n) is 2.06. The van der Waals surface area contributed by atoms with Gasteiger partial charge in [0.25, 0.3) is 0 Å². The number of amides is 1. The fourth-order valence-corrected chi connectivity index (χ4v) is 2.06. The standard InChI is InChI=1S/C17H28N2O3/c1-14(2)22-16-8-5-7-15(11-16)12-18-17(20)13-19(3)9-6-10-21-4/h5,7-8,11,14H,6,9-10,12-13H2,1-4H3,(H,18,20). The van der Waals surface area contributed by atoms with E-state index in [2.05, 4.69) is 5.32 Å². The summed E-state index contributed by atoms with van der Waals surface area (Å²) in [6, 6.07) is 7.81. The molecule has 5 heteroatoms. The lowest BCUT2D eigenvalue weighted by atomic mass is 10.2. The summed E-state index contributed by atoms with van der Waals surface area (Å²) in [6.45, 7) is 6.46. The van der Waals surface area contributed by atoms with Crippen LogP contribution in [0.2, 0.25) is 0 Å². The van der Waals surface area contributed by atoms with Gasteiger partial charge in [0.1, 0.15) is 5.75 Å². The Balaban J connectivity index is 2.34. The van der Waals surface area contributed by atoms with Crippen LogP contribution in [0.4, 0.5) is 0 Å². The Morgan fingerprint density at radius 3 is 2.82 bits per heavy atom. The average Bonchev–Trinajstić information content (AvgIpc) is 2.45. The molecule has 0 unspecified atom stereocenters. The van der Waals surface area contributed by atoms with E-state index in [0.717, 1.165) is 24.3 Å². The van der Waals surface area contributed by atoms with Crippen molar-refractivity contribution in [2.45, 2.75) is 32.9 Å². The van der Waals surface area contributed by atoms with Crippen LogP contribution >= 0.6 is 0 Å². The third-order valence-electron chi connectivity index (χ3n) is 3.06. The van der Waals surface area contributed by atoms with Crippen molar-refractivity contribution >= 4 is 5.91 Å². The largest absolute Gasteiger partial charge is 0.491 e. The minimum Gasteiger partial charge on any atom is -0.491 e. The Morgan fingerprint density at radius 2 is 2.14 bits per heavy atom. The van der Waals surface area contributed by atoms with Crippen molar-refractivity contribution in [2.24, 2.45) is 0 Å². The molecule has 124 valence electrons. The number of hydrogen-bond acceptors (Lipinski definition) is 4. The van der Waals surface area contributed by atoms with Gasteiger partial charge in [0.05, 0.1) is 12.6 Å². The van der Waals surface area contributed by atoms with Crippen LogP contribution in [-0.2, 0) is 16.1 Å². The van der Waals surface area contributed by atoms with Crippen LogP contribution in [0.3, 0.4) is 0 Å². The molecule has 0 spiro atoms. The number of hydrogen-bond donors (Lipinski definition) is 1. The number of rotatable bonds is 10. The van der Waals surface area contributed by atoms with Crippen LogP contribution in [0.5, 0.6) is 5.75 Å². The minimum absolute atomic E-state index is 0.0232. The molecule has 0 fully saturated rings. The summed E-state index contributed by atoms with van der Waals surface area (Å²) in [6.07, 6.45) is 1.07. The van der Waals surface area contributed by atoms with Gasteiger partial charge in [-0.2, -0.15) is 0 Å². The molecule has 1 aromatic rings. The fraction of sp³-hybridized carbons (Fsp3) is 0.588. The molecule has 0 radical (unpaired) electrons. The number of carbonyl (C=O) groups is 1. The van der Waals surface area contributed by atoms with Crippen molar-refractivity contribution < 1.29 is 14.3 Å². The maximum Gasteiger partial charge on any atom is 0.234 e. The third-order valence-corrected chi connectivity index (χ3v) is 3.06. The highest BCUT2D eigenvalue weighted by Crippen LogP contribution is 2.14. The highest BCUT2D eigenvalue weighted by molar-refractivity contribution is 5.77. The molecular formula is C17H28N2O3. The first kappa shape index (κ1) is 18.5. The van der Waals surface area contributed by atoms with Crippen LogP contribution in [0.15, 0.2) is 24.3 Å². The molecule has 5 nitrogen and oxygen atoms in total. The number of nitrogens with zero attached hydrogens (tertiary/aromatic N) is 1. The molecule has 0 bridgehead atoms. The minimum atomic E-state index is 0.0232. The Labute approximate surface area is 133 Å². The molecule has 0 atom stereocenters. The van der Waals surface area contributed by atoms with Crippen molar-refractivity contribution in [2.75, 3.05) is 33.9 Å². The Kier molecular flexibility index (Phi) is 8.55. The summed E-state index contributed by atoms with van der Waals surface area (Å²) in [4.78, 5) is 13.9. The first-order valence-electron chi connectivity index (χ1n) is 7.71. The topological polar surface area (TPSA) is 50.8 Å². The zero-order valence-electron chi connectivity index (χ0n) is 14.1. The van der Waals surface area contributed by atoms with E-state index in [4.69, 9.17) is 9.47 Å². The molecule has 0 saturated heterocycles. The second-order valence-electron chi connectivity index (χ2n) is 5.67. The van der Waals surface area contributed by atoms with Gasteiger partial charge in [0, 0.05) is 26.8 Å². The van der Waals surface area contributed by atoms with E-state index in [1.54, 1.807) is 7.11 Å². The van der Waals surface area contributed by atoms with E-state index in [1.807, 2.05) is 50.1 Å². The van der Waals surface area contributed by atoms with Gasteiger partial charge in [0.2, 0.25) is 5.91 Å². The van der Waals surface area contributed by atoms with E-state index < -0.39 is 0 Å². The van der Waals surface area contributed by atoms with Crippen LogP contribution < -0.4 is 10.1 Å². The Morgan fingerprint density at radius 1 is 1.36 bits per heavy atom. The first-order valence-corrected chi connectivity index (χ1v) is 7.71. The zero-order chi connectivity index (χ0) is 16.4. The molecule has 1 rings (SSSR count). The predicted octanol–water partition coefficient (Wildman–Crippen LogP) is 2.06. The molecule has 1 N–H and O–H groups in total. The van der Waals surface area contributed by atoms with E-state index >= 15 is 0 Å². The van der Waals surface area contributed by atoms with Gasteiger partial charge in [-0.15, -0.1) is 0 Å². The van der Waals surface area contributed by atoms with Gasteiger partial charge < -0.3 is 14.8 Å². The molecule has 1 amide bonds. The molecule has 0 aliphatic heterocycles. The second-order valence-corrected chi connectivity index (χ2v) is 5.67. The highest BCUT2D eigenvalue weighted by Gasteiger charge is 2.06. The van der Waals surface area contributed by atoms with E-state index in [1.165, 1.54) is 0 Å². The van der Waals surface area contributed by atoms with Crippen LogP contribution in [0, 0.1) is 0 Å². The number of nitrogens with one attached hydrogen (secondary N) is 1. The van der Waals surface area contributed by atoms with Crippen LogP contribution in [0.25, 0.3) is 0 Å². The van der Waals surface area contributed by atoms with Gasteiger partial charge in [-0.1, -0.05) is 12.1 Å². The molecule has 0 heterocycles. The number of likely N-dealkylation sites (N-methyl/N-ethyl adjacent to an activating group) is 1. The molecule has 22 heavy (non-hydrogen) atoms. The monoisotopic (exact) mass is 308 g/mol. The van der Waals surface area contributed by atoms with Gasteiger partial charge in [-0.25, -0.2) is 0 Å². The summed E-state index contributed by atoms with van der Waals surface area (Å²) in [5.74, 6) is 0.855. The van der Waals surface area contributed by atoms with Crippen molar-refractivity contribution in [1.29, 1.82) is 0 Å². The maximum atomic E-state index is 11.9. The summed E-state index contributed by atoms with van der Waals surface area (Å²) in [5.41, 5.74) is 1.04. The van der Waals surface area contributed by atoms with Crippen LogP contribution in [-0.4, -0.2) is 50.8 Å². The normalized spacial score (nSPS) is 11.0. The first-order chi connectivity index (χ1) is 10.5. The Bertz CT molecular complexity index is 449. The van der Waals surface area contributed by atoms with E-state index in [9.17, 15) is 4.79 Å². The smallest absolute Gasteiger partial charge is 0.234 e. The van der Waals surface area contributed by atoms with Gasteiger partial charge >= 0.3 is 0 Å². The average molecular weight is 308 g/mol. The predicted molar refractivity (Wildman–Crippen MR) is 88.0 cm³/mol. The number of benzene rings is 1. The van der Waals surface area contributed by atoms with Crippen molar-refractivity contribution in [3.05, 3.63) is 29.8 Å². The maximum absolute atomic E-state index is 11.9. The van der Waals surface area contributed by atoms with Crippen LogP contribution in [0.1, 0.15) is 25.8 Å². The van der Waals surface area contributed by atoms with Gasteiger partial charge in [0.15, 0.2) is 0 Å². The number of carbonyl (C=O) groups excluding carboxylic acids is 1. The lowest BCUT2D eigenvalue weighted by molar-refractivity contribution is -0.122. The van der Waals surface area contributed by atoms with Crippen molar-refractivity contribution in [3.63, 3.8) is 0 Å². The summed E-state index contributed by atoms with van der Waals surface area (Å²) in [7, 11) is 3.62. The number of ether oxygens (including phenoxy) is 2. The highest BCUT2D eigenvalue weighted by atomic mass is 16.5. The van der Waals surface area contributed by atoms with Gasteiger partial charge in [-0.05, 0) is 45.0 Å². The van der Waals surface area contributed by atoms with Gasteiger partial charge in [-0.3, -0.25) is 9.69 Å².